The summed E-state index contributed by atoms with van der Waals surface area (Å²) in [5.74, 6) is 0.226. The van der Waals surface area contributed by atoms with Crippen LogP contribution in [-0.4, -0.2) is 24.7 Å². The van der Waals surface area contributed by atoms with Gasteiger partial charge in [0, 0.05) is 10.9 Å². The number of ether oxygens (including phenoxy) is 2. The van der Waals surface area contributed by atoms with Gasteiger partial charge in [-0.25, -0.2) is 4.79 Å². The molecular formula is C26H21F3INO3. The highest BCUT2D eigenvalue weighted by atomic mass is 127. The second-order valence-electron chi connectivity index (χ2n) is 7.65. The molecule has 1 aromatic heterocycles. The lowest BCUT2D eigenvalue weighted by Gasteiger charge is -2.14. The molecule has 0 unspecified atom stereocenters. The second kappa shape index (κ2) is 9.69. The molecule has 0 aliphatic rings. The quantitative estimate of drug-likeness (QED) is 0.194. The molecule has 0 aliphatic heterocycles. The summed E-state index contributed by atoms with van der Waals surface area (Å²) in [6.07, 6.45) is -4.18. The molecule has 176 valence electrons. The molecule has 0 saturated heterocycles. The monoisotopic (exact) mass is 579 g/mol. The number of hydrogen-bond donors (Lipinski definition) is 1. The fourth-order valence-corrected chi connectivity index (χ4v) is 4.92. The maximum atomic E-state index is 13.3. The molecule has 0 saturated carbocycles. The van der Waals surface area contributed by atoms with Crippen molar-refractivity contribution in [2.24, 2.45) is 0 Å². The first kappa shape index (κ1) is 24.1. The van der Waals surface area contributed by atoms with Crippen LogP contribution in [0.4, 0.5) is 13.2 Å². The number of nitrogens with one attached hydrogen (secondary N) is 1. The molecule has 34 heavy (non-hydrogen) atoms. The van der Waals surface area contributed by atoms with E-state index in [4.69, 9.17) is 9.47 Å². The van der Waals surface area contributed by atoms with Crippen LogP contribution in [0.3, 0.4) is 0 Å². The third-order valence-electron chi connectivity index (χ3n) is 5.53. The molecule has 0 aliphatic carbocycles. The Morgan fingerprint density at radius 2 is 1.79 bits per heavy atom. The minimum absolute atomic E-state index is 0.235. The lowest BCUT2D eigenvalue weighted by molar-refractivity contribution is -0.137. The van der Waals surface area contributed by atoms with Gasteiger partial charge in [0.05, 0.1) is 22.9 Å². The predicted molar refractivity (Wildman–Crippen MR) is 133 cm³/mol. The highest BCUT2D eigenvalue weighted by Crippen LogP contribution is 2.37. The van der Waals surface area contributed by atoms with Crippen LogP contribution >= 0.6 is 22.6 Å². The van der Waals surface area contributed by atoms with Crippen molar-refractivity contribution in [3.8, 4) is 16.9 Å². The number of aromatic nitrogens is 1. The lowest BCUT2D eigenvalue weighted by Crippen LogP contribution is -2.06. The molecule has 0 bridgehead atoms. The van der Waals surface area contributed by atoms with Crippen molar-refractivity contribution in [2.45, 2.75) is 19.5 Å². The fraction of sp³-hybridized carbons (Fsp3) is 0.192. The molecule has 4 nitrogen and oxygen atoms in total. The van der Waals surface area contributed by atoms with E-state index in [2.05, 4.69) is 27.6 Å². The summed E-state index contributed by atoms with van der Waals surface area (Å²) >= 11 is 2.09. The van der Waals surface area contributed by atoms with Crippen molar-refractivity contribution in [2.75, 3.05) is 13.7 Å². The summed E-state index contributed by atoms with van der Waals surface area (Å²) in [6, 6.07) is 16.6. The van der Waals surface area contributed by atoms with Crippen molar-refractivity contribution in [1.82, 2.24) is 4.98 Å². The van der Waals surface area contributed by atoms with Crippen LogP contribution in [0.5, 0.6) is 5.75 Å². The third kappa shape index (κ3) is 4.77. The van der Waals surface area contributed by atoms with E-state index >= 15 is 0 Å². The van der Waals surface area contributed by atoms with Crippen LogP contribution in [0.15, 0.2) is 60.7 Å². The first-order chi connectivity index (χ1) is 16.2. The van der Waals surface area contributed by atoms with Gasteiger partial charge >= 0.3 is 12.1 Å². The molecule has 0 fully saturated rings. The Labute approximate surface area is 208 Å². The van der Waals surface area contributed by atoms with Gasteiger partial charge in [0.15, 0.2) is 0 Å². The van der Waals surface area contributed by atoms with Crippen molar-refractivity contribution >= 4 is 39.5 Å². The second-order valence-corrected chi connectivity index (χ2v) is 8.73. The molecule has 3 aromatic carbocycles. The predicted octanol–water partition coefficient (Wildman–Crippen LogP) is 7.23. The molecule has 4 rings (SSSR count). The van der Waals surface area contributed by atoms with E-state index in [9.17, 15) is 18.0 Å². The standard InChI is InChI=1S/C26H21F3INO3/c1-3-34-25(32)24-23(30)22-20(14-15-5-4-6-17(13-15)26(27,28)29)19(11-12-21(22)31-24)16-7-9-18(33-2)10-8-16/h4-13,31H,3,14H2,1-2H3. The number of carbonyl (C=O) groups excluding carboxylic acids is 1. The average Bonchev–Trinajstić information content (AvgIpc) is 3.16. The van der Waals surface area contributed by atoms with Crippen LogP contribution in [-0.2, 0) is 17.3 Å². The zero-order valence-electron chi connectivity index (χ0n) is 18.4. The lowest BCUT2D eigenvalue weighted by atomic mass is 9.91. The van der Waals surface area contributed by atoms with Crippen molar-refractivity contribution in [3.63, 3.8) is 0 Å². The number of benzene rings is 3. The van der Waals surface area contributed by atoms with Crippen LogP contribution in [0.25, 0.3) is 22.0 Å². The zero-order chi connectivity index (χ0) is 24.5. The van der Waals surface area contributed by atoms with E-state index in [1.807, 2.05) is 36.4 Å². The first-order valence-electron chi connectivity index (χ1n) is 10.5. The SMILES string of the molecule is CCOC(=O)c1[nH]c2ccc(-c3ccc(OC)cc3)c(Cc3cccc(C(F)(F)F)c3)c2c1I. The average molecular weight is 579 g/mol. The van der Waals surface area contributed by atoms with Crippen molar-refractivity contribution in [3.05, 3.63) is 86.6 Å². The van der Waals surface area contributed by atoms with E-state index < -0.39 is 17.7 Å². The summed E-state index contributed by atoms with van der Waals surface area (Å²) in [7, 11) is 1.58. The number of aromatic amines is 1. The van der Waals surface area contributed by atoms with E-state index in [-0.39, 0.29) is 13.0 Å². The topological polar surface area (TPSA) is 51.3 Å². The summed E-state index contributed by atoms with van der Waals surface area (Å²) in [4.78, 5) is 15.6. The maximum absolute atomic E-state index is 13.3. The van der Waals surface area contributed by atoms with Gasteiger partial charge in [0.1, 0.15) is 11.4 Å². The Morgan fingerprint density at radius 3 is 2.44 bits per heavy atom. The summed E-state index contributed by atoms with van der Waals surface area (Å²) in [6.45, 7) is 1.97. The number of alkyl halides is 3. The van der Waals surface area contributed by atoms with Crippen molar-refractivity contribution < 1.29 is 27.4 Å². The largest absolute Gasteiger partial charge is 0.497 e. The number of rotatable bonds is 6. The molecule has 0 radical (unpaired) electrons. The number of halogens is 4. The molecule has 0 atom stereocenters. The fourth-order valence-electron chi connectivity index (χ4n) is 3.95. The van der Waals surface area contributed by atoms with E-state index in [0.717, 1.165) is 28.1 Å². The molecule has 8 heteroatoms. The van der Waals surface area contributed by atoms with Gasteiger partial charge in [-0.2, -0.15) is 13.2 Å². The minimum Gasteiger partial charge on any atom is -0.497 e. The van der Waals surface area contributed by atoms with Crippen LogP contribution in [0.1, 0.15) is 34.1 Å². The number of methoxy groups -OCH3 is 1. The summed E-state index contributed by atoms with van der Waals surface area (Å²) < 4.78 is 51.1. The molecule has 0 amide bonds. The number of fused-ring (bicyclic) bond motifs is 1. The Hall–Kier alpha value is -3.01. The zero-order valence-corrected chi connectivity index (χ0v) is 20.6. The number of esters is 1. The molecule has 4 aromatic rings. The van der Waals surface area contributed by atoms with Crippen LogP contribution in [0, 0.1) is 3.57 Å². The Morgan fingerprint density at radius 1 is 1.06 bits per heavy atom. The molecular weight excluding hydrogens is 558 g/mol. The van der Waals surface area contributed by atoms with Gasteiger partial charge in [-0.15, -0.1) is 0 Å². The van der Waals surface area contributed by atoms with Gasteiger partial charge in [-0.1, -0.05) is 36.4 Å². The van der Waals surface area contributed by atoms with Crippen molar-refractivity contribution in [1.29, 1.82) is 0 Å². The molecule has 0 spiro atoms. The third-order valence-corrected chi connectivity index (χ3v) is 6.61. The normalized spacial score (nSPS) is 11.6. The Bertz CT molecular complexity index is 1340. The van der Waals surface area contributed by atoms with E-state index in [1.54, 1.807) is 20.1 Å². The summed E-state index contributed by atoms with van der Waals surface area (Å²) in [5.41, 5.74) is 3.43. The number of hydrogen-bond acceptors (Lipinski definition) is 3. The smallest absolute Gasteiger partial charge is 0.416 e. The molecule has 1 heterocycles. The van der Waals surface area contributed by atoms with Gasteiger partial charge in [-0.05, 0) is 82.5 Å². The van der Waals surface area contributed by atoms with Gasteiger partial charge in [-0.3, -0.25) is 0 Å². The van der Waals surface area contributed by atoms with Crippen LogP contribution in [0.2, 0.25) is 0 Å². The van der Waals surface area contributed by atoms with Crippen LogP contribution < -0.4 is 4.74 Å². The van der Waals surface area contributed by atoms with Gasteiger partial charge in [0.25, 0.3) is 0 Å². The highest BCUT2D eigenvalue weighted by molar-refractivity contribution is 14.1. The van der Waals surface area contributed by atoms with E-state index in [0.29, 0.717) is 26.1 Å². The Balaban J connectivity index is 1.92. The maximum Gasteiger partial charge on any atom is 0.416 e. The minimum atomic E-state index is -4.43. The number of H-pyrrole nitrogens is 1. The van der Waals surface area contributed by atoms with E-state index in [1.165, 1.54) is 12.1 Å². The van der Waals surface area contributed by atoms with Gasteiger partial charge < -0.3 is 14.5 Å². The Kier molecular flexibility index (Phi) is 6.88. The number of carbonyl (C=O) groups is 1. The van der Waals surface area contributed by atoms with Gasteiger partial charge in [0.2, 0.25) is 0 Å². The highest BCUT2D eigenvalue weighted by Gasteiger charge is 2.30. The molecule has 1 N–H and O–H groups in total. The summed E-state index contributed by atoms with van der Waals surface area (Å²) in [5, 5.41) is 0.786. The first-order valence-corrected chi connectivity index (χ1v) is 11.6.